The highest BCUT2D eigenvalue weighted by molar-refractivity contribution is 6.22. The van der Waals surface area contributed by atoms with Gasteiger partial charge in [-0.2, -0.15) is 0 Å². The third kappa shape index (κ3) is 1.13. The lowest BCUT2D eigenvalue weighted by atomic mass is 10.2. The number of benzene rings is 1. The quantitative estimate of drug-likeness (QED) is 0.601. The third-order valence-electron chi connectivity index (χ3n) is 1.61. The highest BCUT2D eigenvalue weighted by atomic mass is 35.5. The normalized spacial score (nSPS) is 20.8. The van der Waals surface area contributed by atoms with Gasteiger partial charge in [0, 0.05) is 5.56 Å². The van der Waals surface area contributed by atoms with Gasteiger partial charge in [0.05, 0.1) is 0 Å². The smallest absolute Gasteiger partial charge is 0.280 e. The van der Waals surface area contributed by atoms with E-state index >= 15 is 0 Å². The highest BCUT2D eigenvalue weighted by Gasteiger charge is 2.39. The Morgan fingerprint density at radius 1 is 1.18 bits per heavy atom. The maximum atomic E-state index is 5.89. The second kappa shape index (κ2) is 2.48. The monoisotopic (exact) mass is 170 g/mol. The summed E-state index contributed by atoms with van der Waals surface area (Å²) in [7, 11) is 0. The first-order valence-electron chi connectivity index (χ1n) is 3.34. The summed E-state index contributed by atoms with van der Waals surface area (Å²) >= 11 is 5.89. The molecule has 0 aliphatic carbocycles. The zero-order valence-electron chi connectivity index (χ0n) is 5.79. The van der Waals surface area contributed by atoms with Crippen LogP contribution in [0.5, 0.6) is 0 Å². The van der Waals surface area contributed by atoms with Crippen molar-refractivity contribution in [3.8, 4) is 0 Å². The molecule has 1 saturated heterocycles. The molecule has 0 unspecified atom stereocenters. The molecule has 1 aromatic carbocycles. The molecule has 0 amide bonds. The Morgan fingerprint density at radius 3 is 2.27 bits per heavy atom. The van der Waals surface area contributed by atoms with Crippen molar-refractivity contribution in [1.29, 1.82) is 0 Å². The molecule has 0 atom stereocenters. The van der Waals surface area contributed by atoms with E-state index in [9.17, 15) is 0 Å². The van der Waals surface area contributed by atoms with Gasteiger partial charge in [-0.25, -0.2) is 0 Å². The molecule has 2 nitrogen and oxygen atoms in total. The van der Waals surface area contributed by atoms with Gasteiger partial charge in [0.2, 0.25) is 0 Å². The Balaban J connectivity index is 2.29. The molecule has 0 aromatic heterocycles. The molecule has 1 fully saturated rings. The van der Waals surface area contributed by atoms with E-state index in [0.717, 1.165) is 5.56 Å². The summed E-state index contributed by atoms with van der Waals surface area (Å²) in [5.74, 6) is 0. The zero-order chi connectivity index (χ0) is 7.73. The summed E-state index contributed by atoms with van der Waals surface area (Å²) in [4.78, 5) is 0. The first kappa shape index (κ1) is 7.10. The molecule has 0 saturated carbocycles. The lowest BCUT2D eigenvalue weighted by Gasteiger charge is -2.35. The van der Waals surface area contributed by atoms with Crippen molar-refractivity contribution in [2.45, 2.75) is 5.25 Å². The molecule has 0 N–H and O–H groups in total. The summed E-state index contributed by atoms with van der Waals surface area (Å²) in [5, 5.41) is -1.01. The molecular weight excluding hydrogens is 164 g/mol. The summed E-state index contributed by atoms with van der Waals surface area (Å²) in [6.45, 7) is 0.276. The average molecular weight is 171 g/mol. The molecule has 0 spiro atoms. The fourth-order valence-corrected chi connectivity index (χ4v) is 1.18. The third-order valence-corrected chi connectivity index (χ3v) is 2.04. The van der Waals surface area contributed by atoms with Crippen LogP contribution in [0.2, 0.25) is 0 Å². The molecule has 1 aliphatic rings. The Morgan fingerprint density at radius 2 is 1.82 bits per heavy atom. The van der Waals surface area contributed by atoms with Crippen molar-refractivity contribution in [3.63, 3.8) is 0 Å². The van der Waals surface area contributed by atoms with Crippen LogP contribution in [0.4, 0.5) is 0 Å². The van der Waals surface area contributed by atoms with E-state index in [1.807, 2.05) is 30.3 Å². The van der Waals surface area contributed by atoms with E-state index in [0.29, 0.717) is 0 Å². The van der Waals surface area contributed by atoms with Crippen LogP contribution in [0.15, 0.2) is 30.3 Å². The molecule has 2 rings (SSSR count). The van der Waals surface area contributed by atoms with Gasteiger partial charge >= 0.3 is 0 Å². The van der Waals surface area contributed by atoms with Crippen molar-refractivity contribution >= 4 is 11.6 Å². The van der Waals surface area contributed by atoms with Gasteiger partial charge in [-0.15, -0.1) is 0 Å². The first-order chi connectivity index (χ1) is 5.31. The molecule has 58 valence electrons. The molecule has 1 aromatic rings. The van der Waals surface area contributed by atoms with Gasteiger partial charge in [0.15, 0.2) is 6.79 Å². The van der Waals surface area contributed by atoms with Gasteiger partial charge in [0.25, 0.3) is 5.25 Å². The molecule has 3 heteroatoms. The Hall–Kier alpha value is -0.570. The largest absolute Gasteiger partial charge is 0.306 e. The zero-order valence-corrected chi connectivity index (χ0v) is 6.54. The predicted molar refractivity (Wildman–Crippen MR) is 41.0 cm³/mol. The fraction of sp³-hybridized carbons (Fsp3) is 0.250. The average Bonchev–Trinajstić information content (AvgIpc) is 2.02. The van der Waals surface area contributed by atoms with Crippen LogP contribution < -0.4 is 0 Å². The SMILES string of the molecule is ClC1(c2ccccc2)OCO1. The van der Waals surface area contributed by atoms with Gasteiger partial charge in [-0.1, -0.05) is 41.9 Å². The number of ether oxygens (including phenoxy) is 2. The number of hydrogen-bond acceptors (Lipinski definition) is 2. The highest BCUT2D eigenvalue weighted by Crippen LogP contribution is 2.38. The van der Waals surface area contributed by atoms with Crippen molar-refractivity contribution < 1.29 is 9.47 Å². The fourth-order valence-electron chi connectivity index (χ4n) is 0.966. The Kier molecular flexibility index (Phi) is 1.60. The van der Waals surface area contributed by atoms with E-state index < -0.39 is 5.25 Å². The first-order valence-corrected chi connectivity index (χ1v) is 3.71. The Bertz CT molecular complexity index is 244. The molecule has 0 bridgehead atoms. The standard InChI is InChI=1S/C8H7ClO2/c9-8(10-6-11-8)7-4-2-1-3-5-7/h1-5H,6H2. The van der Waals surface area contributed by atoms with Crippen LogP contribution >= 0.6 is 11.6 Å². The summed E-state index contributed by atoms with van der Waals surface area (Å²) in [6, 6.07) is 9.44. The summed E-state index contributed by atoms with van der Waals surface area (Å²) in [5.41, 5.74) is 0.841. The van der Waals surface area contributed by atoms with E-state index in [1.165, 1.54) is 0 Å². The van der Waals surface area contributed by atoms with Crippen molar-refractivity contribution in [2.75, 3.05) is 6.79 Å². The molecular formula is C8H7ClO2. The summed E-state index contributed by atoms with van der Waals surface area (Å²) in [6.07, 6.45) is 0. The second-order valence-electron chi connectivity index (χ2n) is 2.31. The van der Waals surface area contributed by atoms with Crippen LogP contribution in [0, 0.1) is 0 Å². The van der Waals surface area contributed by atoms with Gasteiger partial charge in [-0.3, -0.25) is 0 Å². The van der Waals surface area contributed by atoms with E-state index in [4.69, 9.17) is 21.1 Å². The van der Waals surface area contributed by atoms with Crippen molar-refractivity contribution in [3.05, 3.63) is 35.9 Å². The van der Waals surface area contributed by atoms with Crippen LogP contribution in [-0.4, -0.2) is 6.79 Å². The maximum Gasteiger partial charge on any atom is 0.280 e. The number of hydrogen-bond donors (Lipinski definition) is 0. The Labute approximate surface area is 69.7 Å². The maximum absolute atomic E-state index is 5.89. The summed E-state index contributed by atoms with van der Waals surface area (Å²) < 4.78 is 10.1. The number of halogens is 1. The molecule has 11 heavy (non-hydrogen) atoms. The van der Waals surface area contributed by atoms with E-state index in [-0.39, 0.29) is 6.79 Å². The van der Waals surface area contributed by atoms with Gasteiger partial charge in [0.1, 0.15) is 0 Å². The van der Waals surface area contributed by atoms with Crippen molar-refractivity contribution in [1.82, 2.24) is 0 Å². The number of alkyl halides is 1. The lowest BCUT2D eigenvalue weighted by Crippen LogP contribution is -2.38. The molecule has 1 heterocycles. The molecule has 0 radical (unpaired) electrons. The van der Waals surface area contributed by atoms with Gasteiger partial charge in [-0.05, 0) is 0 Å². The van der Waals surface area contributed by atoms with Crippen LogP contribution in [0.1, 0.15) is 5.56 Å². The minimum Gasteiger partial charge on any atom is -0.306 e. The van der Waals surface area contributed by atoms with Crippen LogP contribution in [-0.2, 0) is 14.7 Å². The van der Waals surface area contributed by atoms with Crippen LogP contribution in [0.3, 0.4) is 0 Å². The van der Waals surface area contributed by atoms with Crippen molar-refractivity contribution in [2.24, 2.45) is 0 Å². The van der Waals surface area contributed by atoms with Gasteiger partial charge < -0.3 is 9.47 Å². The van der Waals surface area contributed by atoms with E-state index in [1.54, 1.807) is 0 Å². The minimum absolute atomic E-state index is 0.276. The topological polar surface area (TPSA) is 18.5 Å². The van der Waals surface area contributed by atoms with E-state index in [2.05, 4.69) is 0 Å². The van der Waals surface area contributed by atoms with Crippen LogP contribution in [0.25, 0.3) is 0 Å². The molecule has 1 aliphatic heterocycles. The number of rotatable bonds is 1. The lowest BCUT2D eigenvalue weighted by molar-refractivity contribution is -0.359. The second-order valence-corrected chi connectivity index (χ2v) is 2.81. The minimum atomic E-state index is -1.01. The predicted octanol–water partition coefficient (Wildman–Crippen LogP) is 2.04.